The zero-order chi connectivity index (χ0) is 18.0. The average Bonchev–Trinajstić information content (AvgIpc) is 3.10. The van der Waals surface area contributed by atoms with Crippen molar-refractivity contribution < 1.29 is 17.5 Å². The average molecular weight is 364 g/mol. The molecule has 132 valence electrons. The third-order valence-corrected chi connectivity index (χ3v) is 5.98. The maximum atomic E-state index is 13.3. The van der Waals surface area contributed by atoms with Gasteiger partial charge in [-0.3, -0.25) is 4.68 Å². The smallest absolute Gasteiger partial charge is 0.244 e. The maximum absolute atomic E-state index is 13.3. The molecule has 0 saturated carbocycles. The number of sulfonamides is 1. The Morgan fingerprint density at radius 1 is 1.48 bits per heavy atom. The van der Waals surface area contributed by atoms with E-state index >= 15 is 0 Å². The summed E-state index contributed by atoms with van der Waals surface area (Å²) in [6.07, 6.45) is 3.04. The third kappa shape index (κ3) is 3.42. The quantitative estimate of drug-likeness (QED) is 0.823. The Balaban J connectivity index is 1.89. The molecule has 9 heteroatoms. The Kier molecular flexibility index (Phi) is 4.85. The van der Waals surface area contributed by atoms with Crippen molar-refractivity contribution in [3.8, 4) is 6.07 Å². The van der Waals surface area contributed by atoms with E-state index in [1.165, 1.54) is 4.31 Å². The van der Waals surface area contributed by atoms with E-state index in [0.29, 0.717) is 6.54 Å². The SMILES string of the molecule is CCn1cc([C@H]2CN(S(=O)(=O)c3ccc(F)cc3C#N)CCO2)cn1. The lowest BCUT2D eigenvalue weighted by atomic mass is 10.2. The molecule has 1 saturated heterocycles. The predicted octanol–water partition coefficient (Wildman–Crippen LogP) is 1.68. The lowest BCUT2D eigenvalue weighted by molar-refractivity contribution is -0.00260. The van der Waals surface area contributed by atoms with Gasteiger partial charge in [0.2, 0.25) is 10.0 Å². The molecule has 0 amide bonds. The molecule has 25 heavy (non-hydrogen) atoms. The zero-order valence-electron chi connectivity index (χ0n) is 13.6. The molecular weight excluding hydrogens is 347 g/mol. The van der Waals surface area contributed by atoms with E-state index in [4.69, 9.17) is 10.00 Å². The van der Waals surface area contributed by atoms with Gasteiger partial charge in [-0.1, -0.05) is 0 Å². The molecule has 7 nitrogen and oxygen atoms in total. The van der Waals surface area contributed by atoms with Crippen molar-refractivity contribution in [2.75, 3.05) is 19.7 Å². The number of hydrogen-bond donors (Lipinski definition) is 0. The predicted molar refractivity (Wildman–Crippen MR) is 86.5 cm³/mol. The minimum Gasteiger partial charge on any atom is -0.371 e. The first kappa shape index (κ1) is 17.5. The van der Waals surface area contributed by atoms with Crippen LogP contribution in [0.5, 0.6) is 0 Å². The van der Waals surface area contributed by atoms with Gasteiger partial charge in [-0.25, -0.2) is 12.8 Å². The van der Waals surface area contributed by atoms with Crippen molar-refractivity contribution in [1.82, 2.24) is 14.1 Å². The van der Waals surface area contributed by atoms with Gasteiger partial charge in [0.15, 0.2) is 0 Å². The van der Waals surface area contributed by atoms with Crippen molar-refractivity contribution in [2.45, 2.75) is 24.5 Å². The molecule has 2 heterocycles. The van der Waals surface area contributed by atoms with E-state index in [9.17, 15) is 12.8 Å². The summed E-state index contributed by atoms with van der Waals surface area (Å²) in [4.78, 5) is -0.193. The largest absolute Gasteiger partial charge is 0.371 e. The Bertz CT molecular complexity index is 920. The van der Waals surface area contributed by atoms with Gasteiger partial charge in [-0.15, -0.1) is 0 Å². The number of ether oxygens (including phenoxy) is 1. The summed E-state index contributed by atoms with van der Waals surface area (Å²) in [5, 5.41) is 13.3. The van der Waals surface area contributed by atoms with Crippen LogP contribution >= 0.6 is 0 Å². The van der Waals surface area contributed by atoms with Crippen LogP contribution in [-0.2, 0) is 21.3 Å². The topological polar surface area (TPSA) is 88.2 Å². The van der Waals surface area contributed by atoms with Crippen molar-refractivity contribution >= 4 is 10.0 Å². The number of hydrogen-bond acceptors (Lipinski definition) is 5. The second-order valence-corrected chi connectivity index (χ2v) is 7.51. The van der Waals surface area contributed by atoms with Crippen LogP contribution in [0.2, 0.25) is 0 Å². The highest BCUT2D eigenvalue weighted by Crippen LogP contribution is 2.27. The number of nitriles is 1. The van der Waals surface area contributed by atoms with Crippen LogP contribution in [0.25, 0.3) is 0 Å². The highest BCUT2D eigenvalue weighted by atomic mass is 32.2. The fourth-order valence-electron chi connectivity index (χ4n) is 2.72. The first-order chi connectivity index (χ1) is 12.0. The van der Waals surface area contributed by atoms with E-state index in [0.717, 1.165) is 23.8 Å². The number of rotatable bonds is 4. The van der Waals surface area contributed by atoms with E-state index < -0.39 is 21.9 Å². The molecule has 1 aliphatic heterocycles. The number of benzene rings is 1. The number of nitrogens with zero attached hydrogens (tertiary/aromatic N) is 4. The van der Waals surface area contributed by atoms with Gasteiger partial charge in [-0.05, 0) is 25.1 Å². The summed E-state index contributed by atoms with van der Waals surface area (Å²) in [5.74, 6) is -0.651. The van der Waals surface area contributed by atoms with E-state index in [1.807, 2.05) is 13.1 Å². The Morgan fingerprint density at radius 2 is 2.28 bits per heavy atom. The molecule has 0 bridgehead atoms. The normalized spacial score (nSPS) is 18.8. The number of halogens is 1. The van der Waals surface area contributed by atoms with Crippen LogP contribution < -0.4 is 0 Å². The monoisotopic (exact) mass is 364 g/mol. The van der Waals surface area contributed by atoms with Crippen LogP contribution in [0.3, 0.4) is 0 Å². The van der Waals surface area contributed by atoms with Crippen molar-refractivity contribution in [3.05, 3.63) is 47.5 Å². The maximum Gasteiger partial charge on any atom is 0.244 e. The van der Waals surface area contributed by atoms with E-state index in [1.54, 1.807) is 16.9 Å². The highest BCUT2D eigenvalue weighted by molar-refractivity contribution is 7.89. The van der Waals surface area contributed by atoms with Gasteiger partial charge in [0.1, 0.15) is 16.8 Å². The van der Waals surface area contributed by atoms with Gasteiger partial charge < -0.3 is 4.74 Å². The van der Waals surface area contributed by atoms with Gasteiger partial charge in [0.05, 0.1) is 24.5 Å². The summed E-state index contributed by atoms with van der Waals surface area (Å²) in [6.45, 7) is 3.16. The molecule has 2 aromatic rings. The molecule has 1 fully saturated rings. The first-order valence-electron chi connectivity index (χ1n) is 7.79. The third-order valence-electron chi connectivity index (χ3n) is 4.06. The lowest BCUT2D eigenvalue weighted by Gasteiger charge is -2.31. The second-order valence-electron chi connectivity index (χ2n) is 5.60. The number of aromatic nitrogens is 2. The van der Waals surface area contributed by atoms with Gasteiger partial charge in [0.25, 0.3) is 0 Å². The van der Waals surface area contributed by atoms with Crippen molar-refractivity contribution in [1.29, 1.82) is 5.26 Å². The van der Waals surface area contributed by atoms with Gasteiger partial charge in [-0.2, -0.15) is 14.7 Å². The fraction of sp³-hybridized carbons (Fsp3) is 0.375. The molecule has 1 atom stereocenters. The molecule has 0 aliphatic carbocycles. The summed E-state index contributed by atoms with van der Waals surface area (Å²) in [7, 11) is -3.92. The van der Waals surface area contributed by atoms with Gasteiger partial charge in [0, 0.05) is 31.4 Å². The molecule has 0 N–H and O–H groups in total. The Morgan fingerprint density at radius 3 is 2.96 bits per heavy atom. The molecule has 3 rings (SSSR count). The molecule has 0 radical (unpaired) electrons. The second kappa shape index (κ2) is 6.92. The van der Waals surface area contributed by atoms with E-state index in [2.05, 4.69) is 5.10 Å². The van der Waals surface area contributed by atoms with Crippen LogP contribution in [0.15, 0.2) is 35.5 Å². The van der Waals surface area contributed by atoms with Crippen molar-refractivity contribution in [2.24, 2.45) is 0 Å². The van der Waals surface area contributed by atoms with Crippen LogP contribution in [0.1, 0.15) is 24.2 Å². The minimum atomic E-state index is -3.92. The van der Waals surface area contributed by atoms with Crippen LogP contribution in [-0.4, -0.2) is 42.2 Å². The van der Waals surface area contributed by atoms with Crippen LogP contribution in [0, 0.1) is 17.1 Å². The molecule has 1 aromatic heterocycles. The minimum absolute atomic E-state index is 0.111. The lowest BCUT2D eigenvalue weighted by Crippen LogP contribution is -2.42. The summed E-state index contributed by atoms with van der Waals surface area (Å²) in [6, 6.07) is 4.84. The summed E-state index contributed by atoms with van der Waals surface area (Å²) < 4.78 is 47.8. The summed E-state index contributed by atoms with van der Waals surface area (Å²) >= 11 is 0. The molecule has 0 spiro atoms. The van der Waals surface area contributed by atoms with E-state index in [-0.39, 0.29) is 30.2 Å². The molecule has 1 aromatic carbocycles. The van der Waals surface area contributed by atoms with Crippen molar-refractivity contribution in [3.63, 3.8) is 0 Å². The standard InChI is InChI=1S/C16H17FN4O3S/c1-2-20-10-13(9-19-20)15-11-21(5-6-24-15)25(22,23)16-4-3-14(17)7-12(16)8-18/h3-4,7,9-10,15H,2,5-6,11H2,1H3/t15-/m1/s1. The Labute approximate surface area is 145 Å². The molecular formula is C16H17FN4O3S. The number of aryl methyl sites for hydroxylation is 1. The first-order valence-corrected chi connectivity index (χ1v) is 9.23. The Hall–Kier alpha value is -2.28. The van der Waals surface area contributed by atoms with Gasteiger partial charge >= 0.3 is 0 Å². The number of morpholine rings is 1. The van der Waals surface area contributed by atoms with Crippen LogP contribution in [0.4, 0.5) is 4.39 Å². The molecule has 0 unspecified atom stereocenters. The fourth-order valence-corrected chi connectivity index (χ4v) is 4.27. The highest BCUT2D eigenvalue weighted by Gasteiger charge is 2.33. The zero-order valence-corrected chi connectivity index (χ0v) is 14.4. The molecule has 1 aliphatic rings. The summed E-state index contributed by atoms with van der Waals surface area (Å²) in [5.41, 5.74) is 0.586.